The number of hydrogen-bond acceptors (Lipinski definition) is 6. The van der Waals surface area contributed by atoms with Gasteiger partial charge in [-0.3, -0.25) is 14.9 Å². The maximum atomic E-state index is 12.7. The molecule has 2 aliphatic rings. The van der Waals surface area contributed by atoms with Crippen molar-refractivity contribution >= 4 is 28.3 Å². The largest absolute Gasteiger partial charge is 0.454 e. The molecule has 5 rings (SSSR count). The van der Waals surface area contributed by atoms with Gasteiger partial charge in [0, 0.05) is 17.0 Å². The molecule has 0 radical (unpaired) electrons. The average Bonchev–Trinajstić information content (AvgIpc) is 3.49. The lowest BCUT2D eigenvalue weighted by Gasteiger charge is -2.11. The van der Waals surface area contributed by atoms with Gasteiger partial charge in [0.15, 0.2) is 16.6 Å². The van der Waals surface area contributed by atoms with Crippen molar-refractivity contribution in [1.82, 2.24) is 10.3 Å². The van der Waals surface area contributed by atoms with Gasteiger partial charge in [0.25, 0.3) is 5.91 Å². The molecule has 0 saturated heterocycles. The van der Waals surface area contributed by atoms with E-state index in [1.165, 1.54) is 16.9 Å². The molecule has 8 heteroatoms. The molecular weight excluding hydrogens is 414 g/mol. The molecule has 0 fully saturated rings. The van der Waals surface area contributed by atoms with Gasteiger partial charge in [-0.1, -0.05) is 30.3 Å². The third kappa shape index (κ3) is 4.11. The van der Waals surface area contributed by atoms with Crippen LogP contribution < -0.4 is 20.1 Å². The van der Waals surface area contributed by atoms with E-state index in [0.29, 0.717) is 28.7 Å². The number of carbonyl (C=O) groups is 2. The third-order valence-electron chi connectivity index (χ3n) is 5.45. The predicted octanol–water partition coefficient (Wildman–Crippen LogP) is 3.51. The fourth-order valence-electron chi connectivity index (χ4n) is 3.84. The number of benzene rings is 2. The number of aryl methyl sites for hydroxylation is 1. The summed E-state index contributed by atoms with van der Waals surface area (Å²) in [4.78, 5) is 30.9. The SMILES string of the molecule is O=C(Nc1nc2c(s1)CC[C@@H]2C(=O)NCCc1ccccc1)c1ccc2c(c1)OCO2. The van der Waals surface area contributed by atoms with Gasteiger partial charge in [0.05, 0.1) is 11.6 Å². The minimum absolute atomic E-state index is 0.00590. The lowest BCUT2D eigenvalue weighted by atomic mass is 10.1. The van der Waals surface area contributed by atoms with Crippen LogP contribution in [0.15, 0.2) is 48.5 Å². The Labute approximate surface area is 183 Å². The molecule has 1 aliphatic carbocycles. The number of amides is 2. The van der Waals surface area contributed by atoms with Crippen LogP contribution in [0.1, 0.15) is 38.8 Å². The van der Waals surface area contributed by atoms with Gasteiger partial charge in [0.2, 0.25) is 12.7 Å². The Kier molecular flexibility index (Phi) is 5.30. The minimum atomic E-state index is -0.269. The average molecular weight is 436 g/mol. The molecule has 2 heterocycles. The summed E-state index contributed by atoms with van der Waals surface area (Å²) in [6, 6.07) is 15.1. The fourth-order valence-corrected chi connectivity index (χ4v) is 4.87. The molecule has 3 aromatic rings. The zero-order valence-electron chi connectivity index (χ0n) is 16.7. The summed E-state index contributed by atoms with van der Waals surface area (Å²) in [7, 11) is 0. The molecule has 0 unspecified atom stereocenters. The molecular formula is C23H21N3O4S. The van der Waals surface area contributed by atoms with Crippen molar-refractivity contribution in [2.45, 2.75) is 25.2 Å². The van der Waals surface area contributed by atoms with Gasteiger partial charge < -0.3 is 14.8 Å². The summed E-state index contributed by atoms with van der Waals surface area (Å²) in [6.45, 7) is 0.751. The first-order valence-corrected chi connectivity index (χ1v) is 11.0. The van der Waals surface area contributed by atoms with Gasteiger partial charge >= 0.3 is 0 Å². The van der Waals surface area contributed by atoms with E-state index in [2.05, 4.69) is 27.8 Å². The van der Waals surface area contributed by atoms with Crippen molar-refractivity contribution in [2.75, 3.05) is 18.7 Å². The predicted molar refractivity (Wildman–Crippen MR) is 117 cm³/mol. The lowest BCUT2D eigenvalue weighted by molar-refractivity contribution is -0.122. The molecule has 0 spiro atoms. The standard InChI is InChI=1S/C23H21N3O4S/c27-21(15-6-8-17-18(12-15)30-13-29-17)26-23-25-20-16(7-9-19(20)31-23)22(28)24-11-10-14-4-2-1-3-5-14/h1-6,8,12,16H,7,9-11,13H2,(H,24,28)(H,25,26,27)/t16-/m0/s1. The number of fused-ring (bicyclic) bond motifs is 2. The second kappa shape index (κ2) is 8.39. The molecule has 1 aromatic heterocycles. The summed E-state index contributed by atoms with van der Waals surface area (Å²) < 4.78 is 10.6. The van der Waals surface area contributed by atoms with Crippen molar-refractivity contribution < 1.29 is 19.1 Å². The van der Waals surface area contributed by atoms with Crippen molar-refractivity contribution in [1.29, 1.82) is 0 Å². The van der Waals surface area contributed by atoms with E-state index in [0.717, 1.165) is 29.8 Å². The van der Waals surface area contributed by atoms with Crippen LogP contribution in [0.4, 0.5) is 5.13 Å². The van der Waals surface area contributed by atoms with E-state index >= 15 is 0 Å². The first kappa shape index (κ1) is 19.6. The summed E-state index contributed by atoms with van der Waals surface area (Å²) in [5.41, 5.74) is 2.44. The number of ether oxygens (including phenoxy) is 2. The van der Waals surface area contributed by atoms with E-state index in [9.17, 15) is 9.59 Å². The second-order valence-corrected chi connectivity index (χ2v) is 8.55. The number of thiazole rings is 1. The van der Waals surface area contributed by atoms with E-state index in [-0.39, 0.29) is 24.5 Å². The monoisotopic (exact) mass is 435 g/mol. The highest BCUT2D eigenvalue weighted by molar-refractivity contribution is 7.16. The topological polar surface area (TPSA) is 89.6 Å². The van der Waals surface area contributed by atoms with Gasteiger partial charge in [-0.15, -0.1) is 11.3 Å². The first-order valence-electron chi connectivity index (χ1n) is 10.2. The molecule has 0 bridgehead atoms. The Morgan fingerprint density at radius 2 is 1.94 bits per heavy atom. The second-order valence-electron chi connectivity index (χ2n) is 7.47. The molecule has 2 aromatic carbocycles. The van der Waals surface area contributed by atoms with Crippen molar-refractivity contribution in [3.05, 3.63) is 70.2 Å². The van der Waals surface area contributed by atoms with Crippen molar-refractivity contribution in [2.24, 2.45) is 0 Å². The van der Waals surface area contributed by atoms with E-state index in [1.54, 1.807) is 18.2 Å². The van der Waals surface area contributed by atoms with Crippen molar-refractivity contribution in [3.8, 4) is 11.5 Å². The zero-order valence-corrected chi connectivity index (χ0v) is 17.5. The van der Waals surface area contributed by atoms with Crippen molar-refractivity contribution in [3.63, 3.8) is 0 Å². The Morgan fingerprint density at radius 3 is 2.81 bits per heavy atom. The van der Waals surface area contributed by atoms with Crippen LogP contribution in [0.5, 0.6) is 11.5 Å². The number of carbonyl (C=O) groups excluding carboxylic acids is 2. The van der Waals surface area contributed by atoms with Crippen LogP contribution in [0.2, 0.25) is 0 Å². The minimum Gasteiger partial charge on any atom is -0.454 e. The molecule has 31 heavy (non-hydrogen) atoms. The van der Waals surface area contributed by atoms with E-state index in [1.807, 2.05) is 18.2 Å². The molecule has 2 N–H and O–H groups in total. The summed E-state index contributed by atoms with van der Waals surface area (Å²) in [6.07, 6.45) is 2.34. The summed E-state index contributed by atoms with van der Waals surface area (Å²) >= 11 is 1.43. The van der Waals surface area contributed by atoms with Crippen LogP contribution >= 0.6 is 11.3 Å². The van der Waals surface area contributed by atoms with Crippen LogP contribution in [0.25, 0.3) is 0 Å². The van der Waals surface area contributed by atoms with E-state index in [4.69, 9.17) is 9.47 Å². The molecule has 158 valence electrons. The van der Waals surface area contributed by atoms with Crippen LogP contribution in [-0.4, -0.2) is 30.1 Å². The Hall–Kier alpha value is -3.39. The number of hydrogen-bond donors (Lipinski definition) is 2. The fraction of sp³-hybridized carbons (Fsp3) is 0.261. The highest BCUT2D eigenvalue weighted by Crippen LogP contribution is 2.39. The van der Waals surface area contributed by atoms with Gasteiger partial charge in [-0.25, -0.2) is 4.98 Å². The maximum Gasteiger partial charge on any atom is 0.257 e. The number of rotatable bonds is 6. The number of nitrogens with one attached hydrogen (secondary N) is 2. The zero-order chi connectivity index (χ0) is 21.2. The van der Waals surface area contributed by atoms with Gasteiger partial charge in [-0.2, -0.15) is 0 Å². The molecule has 1 atom stereocenters. The molecule has 0 saturated carbocycles. The molecule has 1 aliphatic heterocycles. The summed E-state index contributed by atoms with van der Waals surface area (Å²) in [5.74, 6) is 0.647. The summed E-state index contributed by atoms with van der Waals surface area (Å²) in [5, 5.41) is 6.38. The Balaban J connectivity index is 1.21. The molecule has 7 nitrogen and oxygen atoms in total. The van der Waals surface area contributed by atoms with Gasteiger partial charge in [0.1, 0.15) is 0 Å². The quantitative estimate of drug-likeness (QED) is 0.619. The highest BCUT2D eigenvalue weighted by atomic mass is 32.1. The van der Waals surface area contributed by atoms with E-state index < -0.39 is 0 Å². The Bertz CT molecular complexity index is 1130. The molecule has 2 amide bonds. The number of anilines is 1. The Morgan fingerprint density at radius 1 is 1.10 bits per heavy atom. The normalized spacial score (nSPS) is 16.1. The third-order valence-corrected chi connectivity index (χ3v) is 6.49. The smallest absolute Gasteiger partial charge is 0.257 e. The van der Waals surface area contributed by atoms with Crippen LogP contribution in [0.3, 0.4) is 0 Å². The highest BCUT2D eigenvalue weighted by Gasteiger charge is 2.32. The first-order chi connectivity index (χ1) is 15.2. The van der Waals surface area contributed by atoms with Crippen LogP contribution in [0, 0.1) is 0 Å². The van der Waals surface area contributed by atoms with Gasteiger partial charge in [-0.05, 0) is 43.0 Å². The number of aromatic nitrogens is 1. The lowest BCUT2D eigenvalue weighted by Crippen LogP contribution is -2.30. The van der Waals surface area contributed by atoms with Crippen LogP contribution in [-0.2, 0) is 17.6 Å². The maximum absolute atomic E-state index is 12.7. The number of nitrogens with zero attached hydrogens (tertiary/aromatic N) is 1.